The fourth-order valence-electron chi connectivity index (χ4n) is 6.71. The quantitative estimate of drug-likeness (QED) is 0.156. The van der Waals surface area contributed by atoms with Gasteiger partial charge < -0.3 is 39.3 Å². The summed E-state index contributed by atoms with van der Waals surface area (Å²) < 4.78 is 43.7. The average molecular weight is 746 g/mol. The van der Waals surface area contributed by atoms with Crippen LogP contribution in [-0.4, -0.2) is 68.3 Å². The van der Waals surface area contributed by atoms with Crippen LogP contribution >= 0.6 is 0 Å². The number of hydrogen-bond acceptors (Lipinski definition) is 10. The number of benzene rings is 3. The Balaban J connectivity index is 1.11. The molecule has 3 N–H and O–H groups in total. The Hall–Kier alpha value is -6.07. The second kappa shape index (κ2) is 16.5. The zero-order valence-electron chi connectivity index (χ0n) is 30.3. The normalized spacial score (nSPS) is 16.5. The molecule has 2 aromatic heterocycles. The van der Waals surface area contributed by atoms with Gasteiger partial charge in [0.1, 0.15) is 29.9 Å². The molecule has 7 rings (SSSR count). The summed E-state index contributed by atoms with van der Waals surface area (Å²) in [5.74, 6) is 0.370. The molecule has 2 saturated heterocycles. The largest absolute Gasteiger partial charge is 0.493 e. The smallest absolute Gasteiger partial charge is 0.261 e. The minimum Gasteiger partial charge on any atom is -0.493 e. The van der Waals surface area contributed by atoms with Crippen LogP contribution in [0.5, 0.6) is 11.5 Å². The molecule has 5 aromatic rings. The highest BCUT2D eigenvalue weighted by molar-refractivity contribution is 6.04. The number of anilines is 2. The Morgan fingerprint density at radius 2 is 1.67 bits per heavy atom. The summed E-state index contributed by atoms with van der Waals surface area (Å²) in [5.41, 5.74) is 9.16. The van der Waals surface area contributed by atoms with Gasteiger partial charge in [-0.15, -0.1) is 0 Å². The van der Waals surface area contributed by atoms with E-state index in [4.69, 9.17) is 29.4 Å². The predicted molar refractivity (Wildman–Crippen MR) is 204 cm³/mol. The third kappa shape index (κ3) is 8.52. The van der Waals surface area contributed by atoms with Gasteiger partial charge in [0.15, 0.2) is 11.5 Å². The fourth-order valence-corrected chi connectivity index (χ4v) is 6.71. The van der Waals surface area contributed by atoms with Crippen LogP contribution in [0.2, 0.25) is 0 Å². The van der Waals surface area contributed by atoms with Crippen molar-refractivity contribution in [1.82, 2.24) is 9.55 Å². The zero-order chi connectivity index (χ0) is 38.4. The molecule has 0 radical (unpaired) electrons. The minimum atomic E-state index is -0.727. The van der Waals surface area contributed by atoms with Gasteiger partial charge in [-0.25, -0.2) is 9.37 Å². The monoisotopic (exact) mass is 745 g/mol. The van der Waals surface area contributed by atoms with Crippen LogP contribution in [0.4, 0.5) is 15.9 Å². The molecule has 0 saturated carbocycles. The van der Waals surface area contributed by atoms with Crippen molar-refractivity contribution < 1.29 is 32.9 Å². The van der Waals surface area contributed by atoms with Gasteiger partial charge in [0.25, 0.3) is 5.91 Å². The van der Waals surface area contributed by atoms with Crippen molar-refractivity contribution in [2.75, 3.05) is 57.8 Å². The minimum absolute atomic E-state index is 0.115. The molecular weight excluding hydrogens is 705 g/mol. The second-order valence-electron chi connectivity index (χ2n) is 13.5. The first-order valence-electron chi connectivity index (χ1n) is 17.9. The number of aromatic nitrogens is 2. The number of methoxy groups -OCH3 is 1. The lowest BCUT2D eigenvalue weighted by Crippen LogP contribution is -2.33. The van der Waals surface area contributed by atoms with Crippen LogP contribution in [0.3, 0.4) is 0 Å². The number of nitriles is 1. The van der Waals surface area contributed by atoms with E-state index in [-0.39, 0.29) is 23.8 Å². The van der Waals surface area contributed by atoms with Crippen molar-refractivity contribution >= 4 is 17.4 Å². The molecule has 2 aliphatic heterocycles. The van der Waals surface area contributed by atoms with E-state index < -0.39 is 22.6 Å². The molecule has 55 heavy (non-hydrogen) atoms. The topological polar surface area (TPSA) is 160 Å². The second-order valence-corrected chi connectivity index (χ2v) is 13.5. The van der Waals surface area contributed by atoms with E-state index in [1.165, 1.54) is 30.5 Å². The van der Waals surface area contributed by atoms with E-state index in [1.807, 2.05) is 24.3 Å². The van der Waals surface area contributed by atoms with Gasteiger partial charge >= 0.3 is 0 Å². The van der Waals surface area contributed by atoms with Gasteiger partial charge in [-0.1, -0.05) is 30.3 Å². The first-order chi connectivity index (χ1) is 26.7. The molecule has 1 atom stereocenters. The molecular formula is C42H40FN5O7. The van der Waals surface area contributed by atoms with Crippen molar-refractivity contribution in [2.45, 2.75) is 25.5 Å². The maximum absolute atomic E-state index is 13.8. The van der Waals surface area contributed by atoms with Gasteiger partial charge in [-0.05, 0) is 72.0 Å². The first-order valence-corrected chi connectivity index (χ1v) is 17.9. The van der Waals surface area contributed by atoms with Crippen LogP contribution in [0.25, 0.3) is 33.4 Å². The van der Waals surface area contributed by atoms with Gasteiger partial charge in [0.2, 0.25) is 5.43 Å². The Labute approximate surface area is 317 Å². The summed E-state index contributed by atoms with van der Waals surface area (Å²) in [5, 5.41) is 12.9. The van der Waals surface area contributed by atoms with E-state index in [9.17, 15) is 19.2 Å². The number of nitrogens with one attached hydrogen (secondary N) is 1. The maximum atomic E-state index is 13.8. The molecule has 4 heterocycles. The van der Waals surface area contributed by atoms with Gasteiger partial charge in [-0.3, -0.25) is 9.59 Å². The lowest BCUT2D eigenvalue weighted by molar-refractivity contribution is -0.101. The Bertz CT molecular complexity index is 2260. The number of amides is 1. The summed E-state index contributed by atoms with van der Waals surface area (Å²) in [6.07, 6.45) is 5.65. The lowest BCUT2D eigenvalue weighted by Gasteiger charge is -2.31. The van der Waals surface area contributed by atoms with E-state index in [1.54, 1.807) is 48.3 Å². The summed E-state index contributed by atoms with van der Waals surface area (Å²) >= 11 is 0. The number of ether oxygens (including phenoxy) is 5. The number of nitrogens with zero attached hydrogens (tertiary/aromatic N) is 3. The van der Waals surface area contributed by atoms with Gasteiger partial charge in [0, 0.05) is 60.7 Å². The van der Waals surface area contributed by atoms with Crippen molar-refractivity contribution in [2.24, 2.45) is 5.41 Å². The van der Waals surface area contributed by atoms with Crippen molar-refractivity contribution in [3.05, 3.63) is 113 Å². The first kappa shape index (κ1) is 37.3. The van der Waals surface area contributed by atoms with E-state index >= 15 is 0 Å². The lowest BCUT2D eigenvalue weighted by atomic mass is 9.81. The Morgan fingerprint density at radius 1 is 0.945 bits per heavy atom. The van der Waals surface area contributed by atoms with Gasteiger partial charge in [-0.2, -0.15) is 5.26 Å². The van der Waals surface area contributed by atoms with Crippen LogP contribution < -0.4 is 26.0 Å². The maximum Gasteiger partial charge on any atom is 0.261 e. The molecule has 12 nitrogen and oxygen atoms in total. The third-order valence-corrected chi connectivity index (χ3v) is 9.83. The van der Waals surface area contributed by atoms with Gasteiger partial charge in [0.05, 0.1) is 38.4 Å². The fraction of sp³-hybridized carbons (Fsp3) is 0.286. The van der Waals surface area contributed by atoms with E-state index in [0.29, 0.717) is 86.6 Å². The molecule has 3 aromatic carbocycles. The Kier molecular flexibility index (Phi) is 11.2. The molecule has 282 valence electrons. The Morgan fingerprint density at radius 3 is 2.38 bits per heavy atom. The van der Waals surface area contributed by atoms with E-state index in [0.717, 1.165) is 16.7 Å². The number of nitrogens with two attached hydrogens (primary N) is 1. The molecule has 1 amide bonds. The average Bonchev–Trinajstić information content (AvgIpc) is 3.22. The molecule has 2 aliphatic rings. The SMILES string of the molecule is COc1cc(-c2cnc(N)c(-c3ccc(NC(=O)c4cn(CC5(C#N)CCOCC5)cc(-c5ccc(F)cc5)c4=O)cc3)c2)ccc1OC[C@@H]1COCCO1. The standard InChI is InChI=1S/C42H40FN5O7/c1-51-38-19-29(6-11-37(38)55-24-33-23-53-16-17-54-33)30-18-34(40(45)46-20-30)27-4-9-32(10-5-27)47-41(50)36-22-48(26-42(25-44)12-14-52-15-13-42)21-35(39(36)49)28-2-7-31(43)8-3-28/h2-11,18-22,33H,12-17,23-24,26H2,1H3,(H2,45,46)(H,47,50)/t33-/m0/s1. The summed E-state index contributed by atoms with van der Waals surface area (Å²) in [7, 11) is 1.58. The van der Waals surface area contributed by atoms with Crippen molar-refractivity contribution in [3.8, 4) is 50.9 Å². The summed E-state index contributed by atoms with van der Waals surface area (Å²) in [6.45, 7) is 3.06. The number of carbonyl (C=O) groups is 1. The van der Waals surface area contributed by atoms with E-state index in [2.05, 4.69) is 16.4 Å². The number of carbonyl (C=O) groups excluding carboxylic acids is 1. The highest BCUT2D eigenvalue weighted by Gasteiger charge is 2.33. The zero-order valence-corrected chi connectivity index (χ0v) is 30.3. The van der Waals surface area contributed by atoms with Crippen LogP contribution in [0, 0.1) is 22.6 Å². The number of halogens is 1. The third-order valence-electron chi connectivity index (χ3n) is 9.83. The molecule has 0 unspecified atom stereocenters. The number of pyridine rings is 2. The van der Waals surface area contributed by atoms with Crippen molar-refractivity contribution in [3.63, 3.8) is 0 Å². The summed E-state index contributed by atoms with van der Waals surface area (Å²) in [6, 6.07) is 22.5. The molecule has 13 heteroatoms. The number of hydrogen-bond donors (Lipinski definition) is 2. The summed E-state index contributed by atoms with van der Waals surface area (Å²) in [4.78, 5) is 32.0. The number of rotatable bonds is 11. The van der Waals surface area contributed by atoms with Crippen molar-refractivity contribution in [1.29, 1.82) is 5.26 Å². The van der Waals surface area contributed by atoms with Crippen LogP contribution in [0.15, 0.2) is 96.2 Å². The highest BCUT2D eigenvalue weighted by Crippen LogP contribution is 2.36. The van der Waals surface area contributed by atoms with Crippen LogP contribution in [-0.2, 0) is 20.8 Å². The highest BCUT2D eigenvalue weighted by atomic mass is 19.1. The van der Waals surface area contributed by atoms with Crippen LogP contribution in [0.1, 0.15) is 23.2 Å². The predicted octanol–water partition coefficient (Wildman–Crippen LogP) is 6.34. The molecule has 0 spiro atoms. The molecule has 0 bridgehead atoms. The number of nitrogen functional groups attached to an aromatic ring is 1. The molecule has 2 fully saturated rings. The molecule has 0 aliphatic carbocycles.